The first-order chi connectivity index (χ1) is 12.8. The van der Waals surface area contributed by atoms with Gasteiger partial charge in [0.1, 0.15) is 0 Å². The Hall–Kier alpha value is -1.35. The van der Waals surface area contributed by atoms with E-state index in [4.69, 9.17) is 4.74 Å². The zero-order chi connectivity index (χ0) is 19.9. The zero-order valence-electron chi connectivity index (χ0n) is 16.3. The van der Waals surface area contributed by atoms with E-state index in [1.54, 1.807) is 13.2 Å². The van der Waals surface area contributed by atoms with Gasteiger partial charge in [0.15, 0.2) is 0 Å². The number of methoxy groups -OCH3 is 1. The van der Waals surface area contributed by atoms with Gasteiger partial charge in [-0.05, 0) is 24.6 Å². The molecular weight excluding hydrogens is 395 g/mol. The Morgan fingerprint density at radius 1 is 1.29 bits per heavy atom. The fourth-order valence-corrected chi connectivity index (χ4v) is 3.20. The van der Waals surface area contributed by atoms with Gasteiger partial charge in [-0.15, -0.1) is 12.4 Å². The van der Waals surface area contributed by atoms with Gasteiger partial charge in [-0.25, -0.2) is 0 Å². The molecule has 5 nitrogen and oxygen atoms in total. The Morgan fingerprint density at radius 3 is 2.57 bits per heavy atom. The van der Waals surface area contributed by atoms with E-state index >= 15 is 0 Å². The quantitative estimate of drug-likeness (QED) is 0.698. The highest BCUT2D eigenvalue weighted by atomic mass is 35.5. The Kier molecular flexibility index (Phi) is 10.2. The van der Waals surface area contributed by atoms with Gasteiger partial charge in [-0.1, -0.05) is 12.1 Å². The van der Waals surface area contributed by atoms with Crippen molar-refractivity contribution in [1.82, 2.24) is 15.1 Å². The Bertz CT molecular complexity index is 610. The Labute approximate surface area is 170 Å². The fourth-order valence-electron chi connectivity index (χ4n) is 3.20. The SMILES string of the molecule is COCCN(CCC(=O)N1CCNCC1)C(C)c1cccc(C(F)(F)F)c1.Cl. The van der Waals surface area contributed by atoms with Crippen LogP contribution in [0.5, 0.6) is 0 Å². The van der Waals surface area contributed by atoms with Gasteiger partial charge in [-0.3, -0.25) is 9.69 Å². The van der Waals surface area contributed by atoms with Crippen LogP contribution in [0.1, 0.15) is 30.5 Å². The predicted molar refractivity (Wildman–Crippen MR) is 105 cm³/mol. The first kappa shape index (κ1) is 24.7. The van der Waals surface area contributed by atoms with Crippen molar-refractivity contribution in [3.8, 4) is 0 Å². The molecule has 1 amide bonds. The Morgan fingerprint density at radius 2 is 1.96 bits per heavy atom. The van der Waals surface area contributed by atoms with Gasteiger partial charge in [-0.2, -0.15) is 13.2 Å². The molecule has 1 fully saturated rings. The standard InChI is InChI=1S/C19H28F3N3O2.ClH/c1-15(16-4-3-5-17(14-16)19(20,21)22)24(12-13-27-2)9-6-18(26)25-10-7-23-8-11-25;/h3-5,14-15,23H,6-13H2,1-2H3;1H. The van der Waals surface area contributed by atoms with E-state index in [0.29, 0.717) is 44.8 Å². The molecule has 1 aromatic rings. The van der Waals surface area contributed by atoms with E-state index in [1.807, 2.05) is 16.7 Å². The van der Waals surface area contributed by atoms with Gasteiger partial charge in [0, 0.05) is 58.8 Å². The molecule has 0 spiro atoms. The van der Waals surface area contributed by atoms with Gasteiger partial charge in [0.25, 0.3) is 0 Å². The number of carbonyl (C=O) groups excluding carboxylic acids is 1. The topological polar surface area (TPSA) is 44.8 Å². The van der Waals surface area contributed by atoms with Crippen LogP contribution in [0.4, 0.5) is 13.2 Å². The summed E-state index contributed by atoms with van der Waals surface area (Å²) in [5.41, 5.74) is -0.0778. The van der Waals surface area contributed by atoms with Crippen LogP contribution in [0.2, 0.25) is 0 Å². The third kappa shape index (κ3) is 7.24. The highest BCUT2D eigenvalue weighted by Crippen LogP contribution is 2.31. The van der Waals surface area contributed by atoms with Gasteiger partial charge < -0.3 is 15.0 Å². The summed E-state index contributed by atoms with van der Waals surface area (Å²) >= 11 is 0. The largest absolute Gasteiger partial charge is 0.416 e. The normalized spacial score (nSPS) is 16.0. The van der Waals surface area contributed by atoms with Crippen LogP contribution in [-0.4, -0.2) is 68.7 Å². The minimum absolute atomic E-state index is 0. The van der Waals surface area contributed by atoms with Gasteiger partial charge in [0.05, 0.1) is 12.2 Å². The number of halogens is 4. The lowest BCUT2D eigenvalue weighted by atomic mass is 10.0. The molecule has 1 unspecified atom stereocenters. The highest BCUT2D eigenvalue weighted by Gasteiger charge is 2.31. The van der Waals surface area contributed by atoms with Crippen molar-refractivity contribution in [3.63, 3.8) is 0 Å². The van der Waals surface area contributed by atoms with Crippen LogP contribution >= 0.6 is 12.4 Å². The number of carbonyl (C=O) groups is 1. The van der Waals surface area contributed by atoms with E-state index in [2.05, 4.69) is 5.32 Å². The van der Waals surface area contributed by atoms with E-state index in [-0.39, 0.29) is 24.4 Å². The molecule has 0 bridgehead atoms. The summed E-state index contributed by atoms with van der Waals surface area (Å²) in [6.07, 6.45) is -4.03. The second-order valence-electron chi connectivity index (χ2n) is 6.71. The van der Waals surface area contributed by atoms with Crippen molar-refractivity contribution < 1.29 is 22.7 Å². The lowest BCUT2D eigenvalue weighted by Crippen LogP contribution is -2.47. The molecule has 1 saturated heterocycles. The van der Waals surface area contributed by atoms with Crippen molar-refractivity contribution in [2.45, 2.75) is 25.6 Å². The highest BCUT2D eigenvalue weighted by molar-refractivity contribution is 5.85. The number of benzene rings is 1. The van der Waals surface area contributed by atoms with Crippen LogP contribution < -0.4 is 5.32 Å². The predicted octanol–water partition coefficient (Wildman–Crippen LogP) is 2.96. The molecule has 1 N–H and O–H groups in total. The van der Waals surface area contributed by atoms with E-state index in [0.717, 1.165) is 19.2 Å². The number of piperazine rings is 1. The number of amides is 1. The van der Waals surface area contributed by atoms with E-state index in [9.17, 15) is 18.0 Å². The maximum absolute atomic E-state index is 13.0. The monoisotopic (exact) mass is 423 g/mol. The summed E-state index contributed by atoms with van der Waals surface area (Å²) in [6, 6.07) is 5.12. The summed E-state index contributed by atoms with van der Waals surface area (Å²) in [6.45, 7) is 6.30. The summed E-state index contributed by atoms with van der Waals surface area (Å²) in [7, 11) is 1.58. The van der Waals surface area contributed by atoms with Crippen LogP contribution in [0, 0.1) is 0 Å². The zero-order valence-corrected chi connectivity index (χ0v) is 17.1. The van der Waals surface area contributed by atoms with Gasteiger partial charge >= 0.3 is 6.18 Å². The molecule has 1 atom stereocenters. The van der Waals surface area contributed by atoms with Crippen molar-refractivity contribution in [2.75, 3.05) is 53.0 Å². The second-order valence-corrected chi connectivity index (χ2v) is 6.71. The minimum Gasteiger partial charge on any atom is -0.383 e. The molecule has 1 heterocycles. The maximum Gasteiger partial charge on any atom is 0.416 e. The Balaban J connectivity index is 0.00000392. The van der Waals surface area contributed by atoms with Crippen LogP contribution in [0.25, 0.3) is 0 Å². The van der Waals surface area contributed by atoms with E-state index < -0.39 is 11.7 Å². The number of ether oxygens (including phenoxy) is 1. The molecule has 9 heteroatoms. The third-order valence-electron chi connectivity index (χ3n) is 4.91. The third-order valence-corrected chi connectivity index (χ3v) is 4.91. The average molecular weight is 424 g/mol. The summed E-state index contributed by atoms with van der Waals surface area (Å²) < 4.78 is 44.2. The molecule has 160 valence electrons. The summed E-state index contributed by atoms with van der Waals surface area (Å²) in [5, 5.41) is 3.21. The lowest BCUT2D eigenvalue weighted by Gasteiger charge is -2.31. The molecule has 1 aromatic carbocycles. The molecule has 0 aromatic heterocycles. The van der Waals surface area contributed by atoms with Crippen LogP contribution in [0.15, 0.2) is 24.3 Å². The number of hydrogen-bond acceptors (Lipinski definition) is 4. The molecule has 0 aliphatic carbocycles. The van der Waals surface area contributed by atoms with Crippen molar-refractivity contribution in [3.05, 3.63) is 35.4 Å². The molecule has 0 saturated carbocycles. The second kappa shape index (κ2) is 11.6. The number of nitrogens with one attached hydrogen (secondary N) is 1. The molecule has 0 radical (unpaired) electrons. The maximum atomic E-state index is 13.0. The molecule has 2 rings (SSSR count). The van der Waals surface area contributed by atoms with Crippen molar-refractivity contribution in [2.24, 2.45) is 0 Å². The first-order valence-electron chi connectivity index (χ1n) is 9.21. The molecule has 28 heavy (non-hydrogen) atoms. The minimum atomic E-state index is -4.37. The average Bonchev–Trinajstić information content (AvgIpc) is 2.67. The van der Waals surface area contributed by atoms with Crippen molar-refractivity contribution in [1.29, 1.82) is 0 Å². The number of alkyl halides is 3. The summed E-state index contributed by atoms with van der Waals surface area (Å²) in [5.74, 6) is 0.0789. The van der Waals surface area contributed by atoms with Crippen LogP contribution in [0.3, 0.4) is 0 Å². The molecular formula is C19H29ClF3N3O2. The first-order valence-corrected chi connectivity index (χ1v) is 9.21. The number of rotatable bonds is 8. The van der Waals surface area contributed by atoms with Crippen molar-refractivity contribution >= 4 is 18.3 Å². The van der Waals surface area contributed by atoms with E-state index in [1.165, 1.54) is 12.1 Å². The lowest BCUT2D eigenvalue weighted by molar-refractivity contribution is -0.137. The molecule has 1 aliphatic rings. The van der Waals surface area contributed by atoms with Crippen LogP contribution in [-0.2, 0) is 15.7 Å². The molecule has 1 aliphatic heterocycles. The number of nitrogens with zero attached hydrogens (tertiary/aromatic N) is 2. The van der Waals surface area contributed by atoms with Gasteiger partial charge in [0.2, 0.25) is 5.91 Å². The number of hydrogen-bond donors (Lipinski definition) is 1. The fraction of sp³-hybridized carbons (Fsp3) is 0.632. The summed E-state index contributed by atoms with van der Waals surface area (Å²) in [4.78, 5) is 16.2. The smallest absolute Gasteiger partial charge is 0.383 e.